The van der Waals surface area contributed by atoms with Crippen LogP contribution >= 0.6 is 0 Å². The van der Waals surface area contributed by atoms with Crippen molar-refractivity contribution in [2.45, 2.75) is 26.9 Å². The van der Waals surface area contributed by atoms with E-state index in [4.69, 9.17) is 4.98 Å². The van der Waals surface area contributed by atoms with Crippen LogP contribution in [-0.2, 0) is 13.1 Å². The highest BCUT2D eigenvalue weighted by molar-refractivity contribution is 5.42. The van der Waals surface area contributed by atoms with Crippen LogP contribution in [0.5, 0.6) is 0 Å². The van der Waals surface area contributed by atoms with Crippen LogP contribution in [0.4, 0.5) is 5.82 Å². The van der Waals surface area contributed by atoms with Gasteiger partial charge in [0.15, 0.2) is 0 Å². The highest BCUT2D eigenvalue weighted by Crippen LogP contribution is 2.16. The van der Waals surface area contributed by atoms with Crippen LogP contribution in [0.2, 0.25) is 0 Å². The molecule has 0 saturated carbocycles. The molecule has 20 heavy (non-hydrogen) atoms. The lowest BCUT2D eigenvalue weighted by atomic mass is 10.1. The molecule has 0 atom stereocenters. The fraction of sp³-hybridized carbons (Fsp3) is 0.353. The number of nitrogens with zero attached hydrogens (tertiary/aromatic N) is 2. The maximum Gasteiger partial charge on any atom is 0.128 e. The Bertz CT molecular complexity index is 578. The first kappa shape index (κ1) is 14.5. The smallest absolute Gasteiger partial charge is 0.128 e. The molecule has 0 radical (unpaired) electrons. The van der Waals surface area contributed by atoms with Gasteiger partial charge in [-0.1, -0.05) is 35.9 Å². The largest absolute Gasteiger partial charge is 0.355 e. The third-order valence-corrected chi connectivity index (χ3v) is 3.44. The standard InChI is InChI=1S/C17H23N3/c1-13-6-5-7-15(10-13)12-20(4)17-9-8-16(11-18-3)14(2)19-17/h5-10,18H,11-12H2,1-4H3. The molecule has 1 heterocycles. The van der Waals surface area contributed by atoms with Gasteiger partial charge in [-0.3, -0.25) is 0 Å². The molecular formula is C17H23N3. The Hall–Kier alpha value is -1.87. The van der Waals surface area contributed by atoms with Crippen molar-refractivity contribution in [3.8, 4) is 0 Å². The van der Waals surface area contributed by atoms with Crippen LogP contribution in [0.3, 0.4) is 0 Å². The van der Waals surface area contributed by atoms with Gasteiger partial charge in [-0.2, -0.15) is 0 Å². The van der Waals surface area contributed by atoms with Gasteiger partial charge in [0.05, 0.1) is 0 Å². The average Bonchev–Trinajstić information content (AvgIpc) is 2.41. The van der Waals surface area contributed by atoms with E-state index in [1.807, 2.05) is 7.05 Å². The van der Waals surface area contributed by atoms with Crippen molar-refractivity contribution in [2.24, 2.45) is 0 Å². The molecule has 2 rings (SSSR count). The minimum absolute atomic E-state index is 0.862. The highest BCUT2D eigenvalue weighted by atomic mass is 15.2. The van der Waals surface area contributed by atoms with E-state index in [1.165, 1.54) is 16.7 Å². The fourth-order valence-corrected chi connectivity index (χ4v) is 2.33. The summed E-state index contributed by atoms with van der Waals surface area (Å²) in [6, 6.07) is 12.9. The Balaban J connectivity index is 2.13. The van der Waals surface area contributed by atoms with E-state index in [0.717, 1.165) is 24.6 Å². The number of anilines is 1. The van der Waals surface area contributed by atoms with E-state index in [0.29, 0.717) is 0 Å². The quantitative estimate of drug-likeness (QED) is 0.904. The van der Waals surface area contributed by atoms with Gasteiger partial charge in [-0.25, -0.2) is 4.98 Å². The minimum atomic E-state index is 0.862. The number of aromatic nitrogens is 1. The van der Waals surface area contributed by atoms with Crippen LogP contribution in [0, 0.1) is 13.8 Å². The molecule has 0 aliphatic heterocycles. The van der Waals surface area contributed by atoms with Crippen molar-refractivity contribution < 1.29 is 0 Å². The van der Waals surface area contributed by atoms with Crippen molar-refractivity contribution in [2.75, 3.05) is 19.0 Å². The third kappa shape index (κ3) is 3.58. The summed E-state index contributed by atoms with van der Waals surface area (Å²) in [7, 11) is 4.04. The molecule has 3 nitrogen and oxygen atoms in total. The van der Waals surface area contributed by atoms with Gasteiger partial charge < -0.3 is 10.2 Å². The molecule has 2 aromatic rings. The van der Waals surface area contributed by atoms with Crippen molar-refractivity contribution >= 4 is 5.82 Å². The van der Waals surface area contributed by atoms with Crippen LogP contribution < -0.4 is 10.2 Å². The minimum Gasteiger partial charge on any atom is -0.355 e. The Morgan fingerprint density at radius 3 is 2.60 bits per heavy atom. The zero-order valence-electron chi connectivity index (χ0n) is 12.8. The summed E-state index contributed by atoms with van der Waals surface area (Å²) in [4.78, 5) is 6.88. The van der Waals surface area contributed by atoms with Crippen molar-refractivity contribution in [3.63, 3.8) is 0 Å². The normalized spacial score (nSPS) is 10.6. The summed E-state index contributed by atoms with van der Waals surface area (Å²) in [6.45, 7) is 5.93. The van der Waals surface area contributed by atoms with Gasteiger partial charge >= 0.3 is 0 Å². The zero-order chi connectivity index (χ0) is 14.5. The SMILES string of the molecule is CNCc1ccc(N(C)Cc2cccc(C)c2)nc1C. The molecule has 1 aromatic heterocycles. The number of hydrogen-bond acceptors (Lipinski definition) is 3. The summed E-state index contributed by atoms with van der Waals surface area (Å²) in [5.74, 6) is 1.02. The lowest BCUT2D eigenvalue weighted by Crippen LogP contribution is -2.18. The van der Waals surface area contributed by atoms with Gasteiger partial charge in [0.1, 0.15) is 5.82 Å². The number of hydrogen-bond donors (Lipinski definition) is 1. The number of nitrogens with one attached hydrogen (secondary N) is 1. The molecule has 0 aliphatic rings. The molecule has 0 unspecified atom stereocenters. The number of benzene rings is 1. The van der Waals surface area contributed by atoms with Crippen LogP contribution in [-0.4, -0.2) is 19.1 Å². The second kappa shape index (κ2) is 6.53. The second-order valence-corrected chi connectivity index (χ2v) is 5.29. The average molecular weight is 269 g/mol. The number of rotatable bonds is 5. The van der Waals surface area contributed by atoms with Crippen LogP contribution in [0.15, 0.2) is 36.4 Å². The highest BCUT2D eigenvalue weighted by Gasteiger charge is 2.06. The maximum absolute atomic E-state index is 4.70. The summed E-state index contributed by atoms with van der Waals surface area (Å²) in [5.41, 5.74) is 4.95. The van der Waals surface area contributed by atoms with Crippen LogP contribution in [0.1, 0.15) is 22.4 Å². The Labute approximate surface area is 121 Å². The lowest BCUT2D eigenvalue weighted by Gasteiger charge is -2.20. The molecule has 1 aromatic carbocycles. The van der Waals surface area contributed by atoms with Crippen LogP contribution in [0.25, 0.3) is 0 Å². The summed E-state index contributed by atoms with van der Waals surface area (Å²) in [5, 5.41) is 3.17. The lowest BCUT2D eigenvalue weighted by molar-refractivity contribution is 0.800. The molecule has 0 bridgehead atoms. The molecule has 0 saturated heterocycles. The van der Waals surface area contributed by atoms with Gasteiger partial charge in [0, 0.05) is 25.8 Å². The molecule has 0 amide bonds. The first-order valence-corrected chi connectivity index (χ1v) is 6.98. The number of pyridine rings is 1. The Morgan fingerprint density at radius 2 is 1.95 bits per heavy atom. The van der Waals surface area contributed by atoms with E-state index in [-0.39, 0.29) is 0 Å². The Kier molecular flexibility index (Phi) is 4.74. The Morgan fingerprint density at radius 1 is 1.15 bits per heavy atom. The van der Waals surface area contributed by atoms with Crippen molar-refractivity contribution in [1.82, 2.24) is 10.3 Å². The summed E-state index contributed by atoms with van der Waals surface area (Å²) in [6.07, 6.45) is 0. The molecule has 1 N–H and O–H groups in total. The summed E-state index contributed by atoms with van der Waals surface area (Å²) < 4.78 is 0. The molecule has 0 aliphatic carbocycles. The maximum atomic E-state index is 4.70. The molecular weight excluding hydrogens is 246 g/mol. The van der Waals surface area contributed by atoms with Gasteiger partial charge in [-0.05, 0) is 38.1 Å². The molecule has 0 spiro atoms. The van der Waals surface area contributed by atoms with E-state index in [1.54, 1.807) is 0 Å². The van der Waals surface area contributed by atoms with E-state index in [2.05, 4.69) is 67.5 Å². The van der Waals surface area contributed by atoms with Crippen molar-refractivity contribution in [3.05, 3.63) is 58.8 Å². The topological polar surface area (TPSA) is 28.2 Å². The van der Waals surface area contributed by atoms with E-state index < -0.39 is 0 Å². The molecule has 3 heteroatoms. The monoisotopic (exact) mass is 269 g/mol. The predicted molar refractivity (Wildman–Crippen MR) is 85.0 cm³/mol. The molecule has 106 valence electrons. The third-order valence-electron chi connectivity index (χ3n) is 3.44. The van der Waals surface area contributed by atoms with E-state index in [9.17, 15) is 0 Å². The first-order valence-electron chi connectivity index (χ1n) is 6.98. The first-order chi connectivity index (χ1) is 9.60. The predicted octanol–water partition coefficient (Wildman–Crippen LogP) is 3.05. The van der Waals surface area contributed by atoms with Gasteiger partial charge in [0.25, 0.3) is 0 Å². The fourth-order valence-electron chi connectivity index (χ4n) is 2.33. The van der Waals surface area contributed by atoms with Gasteiger partial charge in [-0.15, -0.1) is 0 Å². The molecule has 0 fully saturated rings. The number of aryl methyl sites for hydroxylation is 2. The second-order valence-electron chi connectivity index (χ2n) is 5.29. The van der Waals surface area contributed by atoms with Gasteiger partial charge in [0.2, 0.25) is 0 Å². The van der Waals surface area contributed by atoms with Crippen molar-refractivity contribution in [1.29, 1.82) is 0 Å². The zero-order valence-corrected chi connectivity index (χ0v) is 12.8. The van der Waals surface area contributed by atoms with E-state index >= 15 is 0 Å². The summed E-state index contributed by atoms with van der Waals surface area (Å²) >= 11 is 0.